The summed E-state index contributed by atoms with van der Waals surface area (Å²) in [4.78, 5) is 22.0. The van der Waals surface area contributed by atoms with Gasteiger partial charge in [-0.2, -0.15) is 5.10 Å². The molecule has 7 nitrogen and oxygen atoms in total. The van der Waals surface area contributed by atoms with Crippen LogP contribution in [0, 0.1) is 0 Å². The smallest absolute Gasteiger partial charge is 0.222 e. The summed E-state index contributed by atoms with van der Waals surface area (Å²) in [6.07, 6.45) is 3.80. The molecule has 0 spiro atoms. The van der Waals surface area contributed by atoms with Gasteiger partial charge >= 0.3 is 0 Å². The molecule has 1 heterocycles. The van der Waals surface area contributed by atoms with Crippen LogP contribution in [-0.4, -0.2) is 53.7 Å². The van der Waals surface area contributed by atoms with Gasteiger partial charge in [-0.1, -0.05) is 6.58 Å². The van der Waals surface area contributed by atoms with Crippen molar-refractivity contribution in [3.63, 3.8) is 0 Å². The molecule has 0 atom stereocenters. The van der Waals surface area contributed by atoms with E-state index in [4.69, 9.17) is 0 Å². The highest BCUT2D eigenvalue weighted by Gasteiger charge is 2.07. The van der Waals surface area contributed by atoms with Crippen molar-refractivity contribution in [3.8, 4) is 0 Å². The number of hydrogen-bond donors (Lipinski definition) is 2. The normalized spacial score (nSPS) is 12.3. The van der Waals surface area contributed by atoms with Crippen LogP contribution >= 0.6 is 0 Å². The number of fused-ring (bicyclic) bond motifs is 1. The summed E-state index contributed by atoms with van der Waals surface area (Å²) < 4.78 is 0. The van der Waals surface area contributed by atoms with Gasteiger partial charge in [0.05, 0.1) is 17.4 Å². The maximum absolute atomic E-state index is 11.6. The Hall–Kier alpha value is -2.96. The van der Waals surface area contributed by atoms with Crippen LogP contribution in [0.25, 0.3) is 10.9 Å². The van der Waals surface area contributed by atoms with Crippen LogP contribution in [0.15, 0.2) is 46.7 Å². The summed E-state index contributed by atoms with van der Waals surface area (Å²) in [5.41, 5.74) is 3.36. The predicted molar refractivity (Wildman–Crippen MR) is 108 cm³/mol. The number of aromatic amines is 1. The zero-order chi connectivity index (χ0) is 19.1. The van der Waals surface area contributed by atoms with Crippen molar-refractivity contribution in [2.45, 2.75) is 26.2 Å². The van der Waals surface area contributed by atoms with E-state index in [-0.39, 0.29) is 5.91 Å². The fourth-order valence-corrected chi connectivity index (χ4v) is 2.47. The molecular weight excluding hydrogens is 328 g/mol. The number of carbonyl (C=O) groups is 1. The molecule has 0 bridgehead atoms. The third-order valence-electron chi connectivity index (χ3n) is 3.95. The maximum atomic E-state index is 11.6. The van der Waals surface area contributed by atoms with E-state index >= 15 is 0 Å². The Labute approximate surface area is 153 Å². The van der Waals surface area contributed by atoms with E-state index < -0.39 is 0 Å². The van der Waals surface area contributed by atoms with Gasteiger partial charge in [0.15, 0.2) is 5.84 Å². The Morgan fingerprint density at radius 3 is 2.81 bits per heavy atom. The highest BCUT2D eigenvalue weighted by molar-refractivity contribution is 6.09. The topological polar surface area (TPSA) is 85.7 Å². The van der Waals surface area contributed by atoms with Crippen molar-refractivity contribution in [1.82, 2.24) is 15.1 Å². The molecule has 0 saturated carbocycles. The first kappa shape index (κ1) is 19.4. The third kappa shape index (κ3) is 5.27. The number of aliphatic imine (C=N–C) groups is 2. The fraction of sp³-hybridized carbons (Fsp3) is 0.368. The van der Waals surface area contributed by atoms with Crippen molar-refractivity contribution >= 4 is 34.0 Å². The SMILES string of the molecule is C=C(N=C(C)CCCC(=O)N(C)C)C(=NC)Nc1ccc2[nH]ncc2c1. The molecule has 1 amide bonds. The zero-order valence-electron chi connectivity index (χ0n) is 15.8. The summed E-state index contributed by atoms with van der Waals surface area (Å²) >= 11 is 0. The number of nitrogens with zero attached hydrogens (tertiary/aromatic N) is 4. The fourth-order valence-electron chi connectivity index (χ4n) is 2.47. The van der Waals surface area contributed by atoms with Gasteiger partial charge in [0.2, 0.25) is 5.91 Å². The average molecular weight is 354 g/mol. The highest BCUT2D eigenvalue weighted by Crippen LogP contribution is 2.17. The van der Waals surface area contributed by atoms with Crippen molar-refractivity contribution in [3.05, 3.63) is 36.7 Å². The first-order valence-corrected chi connectivity index (χ1v) is 8.51. The molecule has 0 saturated heterocycles. The van der Waals surface area contributed by atoms with Gasteiger partial charge in [-0.3, -0.25) is 19.9 Å². The lowest BCUT2D eigenvalue weighted by Crippen LogP contribution is -2.21. The Bertz CT molecular complexity index is 847. The van der Waals surface area contributed by atoms with E-state index in [0.717, 1.165) is 35.1 Å². The molecule has 1 aromatic heterocycles. The molecule has 26 heavy (non-hydrogen) atoms. The molecule has 0 aliphatic heterocycles. The lowest BCUT2D eigenvalue weighted by Gasteiger charge is -2.11. The molecule has 0 aliphatic carbocycles. The molecule has 2 N–H and O–H groups in total. The van der Waals surface area contributed by atoms with Gasteiger partial charge in [0.25, 0.3) is 0 Å². The van der Waals surface area contributed by atoms with Crippen LogP contribution < -0.4 is 5.32 Å². The number of benzene rings is 1. The minimum Gasteiger partial charge on any atom is -0.349 e. The van der Waals surface area contributed by atoms with Crippen molar-refractivity contribution in [1.29, 1.82) is 0 Å². The Balaban J connectivity index is 1.95. The Kier molecular flexibility index (Phi) is 6.66. The lowest BCUT2D eigenvalue weighted by molar-refractivity contribution is -0.128. The second kappa shape index (κ2) is 8.94. The third-order valence-corrected chi connectivity index (χ3v) is 3.95. The Morgan fingerprint density at radius 1 is 1.35 bits per heavy atom. The summed E-state index contributed by atoms with van der Waals surface area (Å²) in [5, 5.41) is 11.2. The summed E-state index contributed by atoms with van der Waals surface area (Å²) in [6, 6.07) is 5.89. The highest BCUT2D eigenvalue weighted by atomic mass is 16.2. The molecule has 0 radical (unpaired) electrons. The van der Waals surface area contributed by atoms with E-state index in [2.05, 4.69) is 32.1 Å². The van der Waals surface area contributed by atoms with Gasteiger partial charge in [0.1, 0.15) is 0 Å². The number of carbonyl (C=O) groups excluding carboxylic acids is 1. The van der Waals surface area contributed by atoms with Crippen molar-refractivity contribution < 1.29 is 4.79 Å². The molecule has 2 rings (SSSR count). The van der Waals surface area contributed by atoms with Crippen LogP contribution in [0.4, 0.5) is 5.69 Å². The quantitative estimate of drug-likeness (QED) is 0.591. The summed E-state index contributed by atoms with van der Waals surface area (Å²) in [5.74, 6) is 0.736. The second-order valence-electron chi connectivity index (χ2n) is 6.30. The van der Waals surface area contributed by atoms with Crippen LogP contribution in [0.5, 0.6) is 0 Å². The molecule has 2 aromatic rings. The number of hydrogen-bond acceptors (Lipinski definition) is 4. The van der Waals surface area contributed by atoms with E-state index in [9.17, 15) is 4.79 Å². The summed E-state index contributed by atoms with van der Waals surface area (Å²) in [6.45, 7) is 5.95. The van der Waals surface area contributed by atoms with Gasteiger partial charge < -0.3 is 10.2 Å². The molecule has 0 fully saturated rings. The standard InChI is InChI=1S/C19H26N6O/c1-13(7-6-8-18(26)25(4)5)22-14(2)19(20-3)23-16-9-10-17-15(11-16)12-21-24-17/h9-12H,2,6-8H2,1,3-5H3,(H,20,23)(H,21,24). The van der Waals surface area contributed by atoms with E-state index in [1.165, 1.54) is 0 Å². The van der Waals surface area contributed by atoms with Gasteiger partial charge in [-0.15, -0.1) is 0 Å². The van der Waals surface area contributed by atoms with Crippen LogP contribution in [-0.2, 0) is 4.79 Å². The van der Waals surface area contributed by atoms with Crippen LogP contribution in [0.1, 0.15) is 26.2 Å². The number of amidine groups is 1. The predicted octanol–water partition coefficient (Wildman–Crippen LogP) is 3.24. The van der Waals surface area contributed by atoms with E-state index in [1.54, 1.807) is 32.2 Å². The van der Waals surface area contributed by atoms with Crippen molar-refractivity contribution in [2.75, 3.05) is 26.5 Å². The molecule has 1 aromatic carbocycles. The van der Waals surface area contributed by atoms with Gasteiger partial charge in [-0.25, -0.2) is 0 Å². The molecule has 7 heteroatoms. The molecule has 0 unspecified atom stereocenters. The Morgan fingerprint density at radius 2 is 2.12 bits per heavy atom. The number of anilines is 1. The molecular formula is C19H26N6O. The molecule has 138 valence electrons. The number of rotatable bonds is 7. The van der Waals surface area contributed by atoms with Crippen LogP contribution in [0.2, 0.25) is 0 Å². The maximum Gasteiger partial charge on any atom is 0.222 e. The van der Waals surface area contributed by atoms with E-state index in [1.807, 2.05) is 25.1 Å². The average Bonchev–Trinajstić information content (AvgIpc) is 3.06. The zero-order valence-corrected chi connectivity index (χ0v) is 15.8. The van der Waals surface area contributed by atoms with Crippen molar-refractivity contribution in [2.24, 2.45) is 9.98 Å². The minimum absolute atomic E-state index is 0.128. The second-order valence-corrected chi connectivity index (χ2v) is 6.30. The largest absolute Gasteiger partial charge is 0.349 e. The number of amides is 1. The minimum atomic E-state index is 0.128. The number of H-pyrrole nitrogens is 1. The number of nitrogens with one attached hydrogen (secondary N) is 2. The van der Waals surface area contributed by atoms with E-state index in [0.29, 0.717) is 18.0 Å². The first-order valence-electron chi connectivity index (χ1n) is 8.51. The lowest BCUT2D eigenvalue weighted by atomic mass is 10.1. The monoisotopic (exact) mass is 354 g/mol. The first-order chi connectivity index (χ1) is 12.4. The number of aromatic nitrogens is 2. The molecule has 0 aliphatic rings. The van der Waals surface area contributed by atoms with Gasteiger partial charge in [-0.05, 0) is 38.0 Å². The van der Waals surface area contributed by atoms with Gasteiger partial charge in [0, 0.05) is 44.3 Å². The summed E-state index contributed by atoms with van der Waals surface area (Å²) in [7, 11) is 5.23. The van der Waals surface area contributed by atoms with Crippen LogP contribution in [0.3, 0.4) is 0 Å².